The van der Waals surface area contributed by atoms with Crippen LogP contribution in [0.5, 0.6) is 0 Å². The average molecular weight is 330 g/mol. The van der Waals surface area contributed by atoms with Crippen LogP contribution in [-0.4, -0.2) is 23.6 Å². The standard InChI is InChI=1S/C21H22N4/c1-3-14-22-21-23-19(18-12-8-5-9-13-18)15-20(24-21)25(2)16-17-10-6-4-7-11-17/h3-13,15H,1,14,16H2,2H3,(H,22,23,24). The van der Waals surface area contributed by atoms with Gasteiger partial charge in [0, 0.05) is 31.8 Å². The number of anilines is 2. The molecule has 0 radical (unpaired) electrons. The van der Waals surface area contributed by atoms with E-state index in [1.54, 1.807) is 6.08 Å². The van der Waals surface area contributed by atoms with E-state index in [4.69, 9.17) is 0 Å². The number of hydrogen-bond acceptors (Lipinski definition) is 4. The van der Waals surface area contributed by atoms with Crippen molar-refractivity contribution in [3.8, 4) is 11.3 Å². The summed E-state index contributed by atoms with van der Waals surface area (Å²) in [6.07, 6.45) is 1.80. The van der Waals surface area contributed by atoms with Gasteiger partial charge in [-0.3, -0.25) is 0 Å². The van der Waals surface area contributed by atoms with E-state index < -0.39 is 0 Å². The van der Waals surface area contributed by atoms with Gasteiger partial charge in [0.15, 0.2) is 0 Å². The summed E-state index contributed by atoms with van der Waals surface area (Å²) >= 11 is 0. The van der Waals surface area contributed by atoms with Gasteiger partial charge < -0.3 is 10.2 Å². The summed E-state index contributed by atoms with van der Waals surface area (Å²) in [5.41, 5.74) is 3.21. The Morgan fingerprint density at radius 1 is 1.00 bits per heavy atom. The molecule has 0 spiro atoms. The first-order valence-electron chi connectivity index (χ1n) is 8.30. The SMILES string of the molecule is C=CCNc1nc(-c2ccccc2)cc(N(C)Cc2ccccc2)n1. The molecule has 0 fully saturated rings. The Bertz CT molecular complexity index is 816. The van der Waals surface area contributed by atoms with E-state index >= 15 is 0 Å². The van der Waals surface area contributed by atoms with Crippen molar-refractivity contribution in [1.82, 2.24) is 9.97 Å². The quantitative estimate of drug-likeness (QED) is 0.653. The molecule has 126 valence electrons. The van der Waals surface area contributed by atoms with Gasteiger partial charge in [0.1, 0.15) is 5.82 Å². The number of aromatic nitrogens is 2. The Kier molecular flexibility index (Phi) is 5.42. The third-order valence-corrected chi connectivity index (χ3v) is 3.84. The van der Waals surface area contributed by atoms with Crippen molar-refractivity contribution in [1.29, 1.82) is 0 Å². The molecule has 1 heterocycles. The van der Waals surface area contributed by atoms with E-state index in [9.17, 15) is 0 Å². The molecule has 1 aromatic heterocycles. The maximum absolute atomic E-state index is 4.65. The van der Waals surface area contributed by atoms with E-state index in [1.165, 1.54) is 5.56 Å². The van der Waals surface area contributed by atoms with Crippen LogP contribution in [0.3, 0.4) is 0 Å². The molecule has 2 aromatic carbocycles. The van der Waals surface area contributed by atoms with Crippen LogP contribution in [0, 0.1) is 0 Å². The molecule has 1 N–H and O–H groups in total. The number of hydrogen-bond donors (Lipinski definition) is 1. The summed E-state index contributed by atoms with van der Waals surface area (Å²) in [5.74, 6) is 1.49. The van der Waals surface area contributed by atoms with E-state index in [0.29, 0.717) is 12.5 Å². The van der Waals surface area contributed by atoms with E-state index in [0.717, 1.165) is 23.6 Å². The zero-order valence-electron chi connectivity index (χ0n) is 14.4. The Labute approximate surface area is 148 Å². The molecule has 0 atom stereocenters. The number of nitrogens with one attached hydrogen (secondary N) is 1. The fraction of sp³-hybridized carbons (Fsp3) is 0.143. The summed E-state index contributed by atoms with van der Waals surface area (Å²) in [6, 6.07) is 22.5. The summed E-state index contributed by atoms with van der Waals surface area (Å²) in [4.78, 5) is 11.4. The smallest absolute Gasteiger partial charge is 0.225 e. The van der Waals surface area contributed by atoms with E-state index in [-0.39, 0.29) is 0 Å². The highest BCUT2D eigenvalue weighted by Crippen LogP contribution is 2.23. The Morgan fingerprint density at radius 3 is 2.36 bits per heavy atom. The summed E-state index contributed by atoms with van der Waals surface area (Å²) < 4.78 is 0. The zero-order valence-corrected chi connectivity index (χ0v) is 14.4. The lowest BCUT2D eigenvalue weighted by Gasteiger charge is -2.20. The van der Waals surface area contributed by atoms with E-state index in [1.807, 2.05) is 37.4 Å². The van der Waals surface area contributed by atoms with Gasteiger partial charge in [0.2, 0.25) is 5.95 Å². The molecule has 0 bridgehead atoms. The predicted molar refractivity (Wildman–Crippen MR) is 105 cm³/mol. The minimum absolute atomic E-state index is 0.608. The van der Waals surface area contributed by atoms with Gasteiger partial charge >= 0.3 is 0 Å². The maximum Gasteiger partial charge on any atom is 0.225 e. The van der Waals surface area contributed by atoms with Crippen LogP contribution < -0.4 is 10.2 Å². The monoisotopic (exact) mass is 330 g/mol. The van der Waals surface area contributed by atoms with Crippen molar-refractivity contribution in [3.63, 3.8) is 0 Å². The first kappa shape index (κ1) is 16.7. The van der Waals surface area contributed by atoms with Gasteiger partial charge in [-0.1, -0.05) is 66.7 Å². The molecule has 4 nitrogen and oxygen atoms in total. The molecule has 0 saturated carbocycles. The first-order valence-corrected chi connectivity index (χ1v) is 8.30. The minimum atomic E-state index is 0.608. The van der Waals surface area contributed by atoms with Crippen LogP contribution in [-0.2, 0) is 6.54 Å². The lowest BCUT2D eigenvalue weighted by atomic mass is 10.1. The number of nitrogens with zero attached hydrogens (tertiary/aromatic N) is 3. The summed E-state index contributed by atoms with van der Waals surface area (Å²) in [7, 11) is 2.04. The summed E-state index contributed by atoms with van der Waals surface area (Å²) in [6.45, 7) is 5.15. The molecular formula is C21H22N4. The normalized spacial score (nSPS) is 10.3. The Hall–Kier alpha value is -3.14. The van der Waals surface area contributed by atoms with Gasteiger partial charge in [-0.15, -0.1) is 6.58 Å². The summed E-state index contributed by atoms with van der Waals surface area (Å²) in [5, 5.41) is 3.20. The second kappa shape index (κ2) is 8.11. The van der Waals surface area contributed by atoms with Gasteiger partial charge in [-0.25, -0.2) is 4.98 Å². The van der Waals surface area contributed by atoms with E-state index in [2.05, 4.69) is 63.2 Å². The minimum Gasteiger partial charge on any atom is -0.355 e. The van der Waals surface area contributed by atoms with Crippen molar-refractivity contribution < 1.29 is 0 Å². The zero-order chi connectivity index (χ0) is 17.5. The molecule has 4 heteroatoms. The van der Waals surface area contributed by atoms with Crippen molar-refractivity contribution in [2.24, 2.45) is 0 Å². The molecular weight excluding hydrogens is 308 g/mol. The van der Waals surface area contributed by atoms with Gasteiger partial charge in [-0.2, -0.15) is 4.98 Å². The molecule has 0 amide bonds. The van der Waals surface area contributed by atoms with Gasteiger partial charge in [0.05, 0.1) is 5.69 Å². The molecule has 0 aliphatic heterocycles. The highest BCUT2D eigenvalue weighted by molar-refractivity contribution is 5.64. The second-order valence-electron chi connectivity index (χ2n) is 5.81. The van der Waals surface area contributed by atoms with Gasteiger partial charge in [0.25, 0.3) is 0 Å². The Balaban J connectivity index is 1.92. The van der Waals surface area contributed by atoms with Crippen LogP contribution in [0.2, 0.25) is 0 Å². The molecule has 0 saturated heterocycles. The second-order valence-corrected chi connectivity index (χ2v) is 5.81. The van der Waals surface area contributed by atoms with Crippen molar-refractivity contribution in [3.05, 3.63) is 84.9 Å². The average Bonchev–Trinajstić information content (AvgIpc) is 2.67. The fourth-order valence-corrected chi connectivity index (χ4v) is 2.57. The van der Waals surface area contributed by atoms with Crippen LogP contribution in [0.25, 0.3) is 11.3 Å². The van der Waals surface area contributed by atoms with Crippen molar-refractivity contribution in [2.45, 2.75) is 6.54 Å². The van der Waals surface area contributed by atoms with Crippen LogP contribution >= 0.6 is 0 Å². The third-order valence-electron chi connectivity index (χ3n) is 3.84. The van der Waals surface area contributed by atoms with Crippen LogP contribution in [0.15, 0.2) is 79.4 Å². The first-order chi connectivity index (χ1) is 12.3. The van der Waals surface area contributed by atoms with Crippen LogP contribution in [0.1, 0.15) is 5.56 Å². The lowest BCUT2D eigenvalue weighted by molar-refractivity contribution is 0.892. The molecule has 0 unspecified atom stereocenters. The largest absolute Gasteiger partial charge is 0.355 e. The molecule has 0 aliphatic carbocycles. The predicted octanol–water partition coefficient (Wildman–Crippen LogP) is 4.38. The van der Waals surface area contributed by atoms with Crippen molar-refractivity contribution >= 4 is 11.8 Å². The fourth-order valence-electron chi connectivity index (χ4n) is 2.57. The maximum atomic E-state index is 4.65. The van der Waals surface area contributed by atoms with Crippen LogP contribution in [0.4, 0.5) is 11.8 Å². The molecule has 3 rings (SSSR count). The highest BCUT2D eigenvalue weighted by Gasteiger charge is 2.10. The lowest BCUT2D eigenvalue weighted by Crippen LogP contribution is -2.19. The molecule has 0 aliphatic rings. The number of rotatable bonds is 7. The topological polar surface area (TPSA) is 41.1 Å². The van der Waals surface area contributed by atoms with Gasteiger partial charge in [-0.05, 0) is 5.56 Å². The molecule has 3 aromatic rings. The highest BCUT2D eigenvalue weighted by atomic mass is 15.2. The number of benzene rings is 2. The Morgan fingerprint density at radius 2 is 1.68 bits per heavy atom. The van der Waals surface area contributed by atoms with Crippen molar-refractivity contribution in [2.75, 3.05) is 23.8 Å². The third kappa shape index (κ3) is 4.44. The molecule has 25 heavy (non-hydrogen) atoms.